The van der Waals surface area contributed by atoms with Crippen molar-refractivity contribution in [1.29, 1.82) is 0 Å². The van der Waals surface area contributed by atoms with E-state index in [2.05, 4.69) is 10.3 Å². The van der Waals surface area contributed by atoms with E-state index in [-0.39, 0.29) is 23.8 Å². The number of likely N-dealkylation sites (N-methyl/N-ethyl adjacent to an activating group) is 1. The Morgan fingerprint density at radius 3 is 3.05 bits per heavy atom. The number of amides is 2. The first-order chi connectivity index (χ1) is 9.15. The maximum absolute atomic E-state index is 12.4. The van der Waals surface area contributed by atoms with Crippen molar-refractivity contribution in [2.45, 2.75) is 6.04 Å². The maximum Gasteiger partial charge on any atom is 0.258 e. The molecule has 1 aromatic heterocycles. The summed E-state index contributed by atoms with van der Waals surface area (Å²) in [5, 5.41) is 12.1. The Bertz CT molecular complexity index is 492. The highest BCUT2D eigenvalue weighted by Crippen LogP contribution is 2.19. The third-order valence-corrected chi connectivity index (χ3v) is 2.97. The molecule has 2 rings (SSSR count). The minimum absolute atomic E-state index is 0.130. The van der Waals surface area contributed by atoms with Crippen molar-refractivity contribution in [3.63, 3.8) is 0 Å². The fourth-order valence-electron chi connectivity index (χ4n) is 1.95. The van der Waals surface area contributed by atoms with E-state index in [0.29, 0.717) is 13.2 Å². The van der Waals surface area contributed by atoms with Crippen molar-refractivity contribution in [2.24, 2.45) is 0 Å². The highest BCUT2D eigenvalue weighted by Gasteiger charge is 2.33. The first-order valence-corrected chi connectivity index (χ1v) is 5.88. The Kier molecular flexibility index (Phi) is 3.96. The SMILES string of the molecule is CNC(=O)C1COCCN1C(=O)c1ccncc1O. The summed E-state index contributed by atoms with van der Waals surface area (Å²) in [6, 6.07) is 0.743. The maximum atomic E-state index is 12.4. The van der Waals surface area contributed by atoms with Gasteiger partial charge in [-0.25, -0.2) is 0 Å². The van der Waals surface area contributed by atoms with Gasteiger partial charge in [-0.15, -0.1) is 0 Å². The van der Waals surface area contributed by atoms with Crippen LogP contribution >= 0.6 is 0 Å². The molecule has 0 aliphatic carbocycles. The zero-order chi connectivity index (χ0) is 13.8. The number of hydrogen-bond donors (Lipinski definition) is 2. The molecule has 0 aromatic carbocycles. The van der Waals surface area contributed by atoms with Crippen LogP contribution in [0.4, 0.5) is 0 Å². The third-order valence-electron chi connectivity index (χ3n) is 2.97. The van der Waals surface area contributed by atoms with Crippen LogP contribution in [0.25, 0.3) is 0 Å². The van der Waals surface area contributed by atoms with Gasteiger partial charge in [-0.1, -0.05) is 0 Å². The van der Waals surface area contributed by atoms with Crippen molar-refractivity contribution in [2.75, 3.05) is 26.8 Å². The van der Waals surface area contributed by atoms with Gasteiger partial charge in [0.25, 0.3) is 5.91 Å². The molecule has 1 aliphatic rings. The number of nitrogens with zero attached hydrogens (tertiary/aromatic N) is 2. The van der Waals surface area contributed by atoms with Crippen LogP contribution in [0.1, 0.15) is 10.4 Å². The van der Waals surface area contributed by atoms with Crippen LogP contribution in [0.2, 0.25) is 0 Å². The molecule has 19 heavy (non-hydrogen) atoms. The molecule has 0 radical (unpaired) electrons. The van der Waals surface area contributed by atoms with E-state index >= 15 is 0 Å². The fraction of sp³-hybridized carbons (Fsp3) is 0.417. The summed E-state index contributed by atoms with van der Waals surface area (Å²) in [5.41, 5.74) is 0.130. The number of nitrogens with one attached hydrogen (secondary N) is 1. The number of aromatic nitrogens is 1. The van der Waals surface area contributed by atoms with E-state index in [0.717, 1.165) is 0 Å². The van der Waals surface area contributed by atoms with Crippen LogP contribution in [0.3, 0.4) is 0 Å². The van der Waals surface area contributed by atoms with Crippen molar-refractivity contribution >= 4 is 11.8 Å². The highest BCUT2D eigenvalue weighted by atomic mass is 16.5. The van der Waals surface area contributed by atoms with Gasteiger partial charge in [-0.05, 0) is 6.07 Å². The summed E-state index contributed by atoms with van der Waals surface area (Å²) in [4.78, 5) is 29.2. The van der Waals surface area contributed by atoms with Crippen LogP contribution in [-0.2, 0) is 9.53 Å². The van der Waals surface area contributed by atoms with Crippen molar-refractivity contribution < 1.29 is 19.4 Å². The number of aromatic hydroxyl groups is 1. The van der Waals surface area contributed by atoms with E-state index < -0.39 is 11.9 Å². The highest BCUT2D eigenvalue weighted by molar-refractivity contribution is 5.99. The third kappa shape index (κ3) is 2.65. The standard InChI is InChI=1S/C12H15N3O4/c1-13-11(17)9-7-19-5-4-15(9)12(18)8-2-3-14-6-10(8)16/h2-3,6,9,16H,4-5,7H2,1H3,(H,13,17). The van der Waals surface area contributed by atoms with E-state index in [1.165, 1.54) is 30.4 Å². The summed E-state index contributed by atoms with van der Waals surface area (Å²) in [5.74, 6) is -0.895. The molecule has 7 heteroatoms. The largest absolute Gasteiger partial charge is 0.505 e. The molecule has 1 atom stereocenters. The molecule has 0 spiro atoms. The molecule has 0 bridgehead atoms. The quantitative estimate of drug-likeness (QED) is 0.743. The minimum Gasteiger partial charge on any atom is -0.505 e. The van der Waals surface area contributed by atoms with Gasteiger partial charge in [0.15, 0.2) is 0 Å². The lowest BCUT2D eigenvalue weighted by Gasteiger charge is -2.34. The number of hydrogen-bond acceptors (Lipinski definition) is 5. The van der Waals surface area contributed by atoms with Crippen LogP contribution in [0, 0.1) is 0 Å². The summed E-state index contributed by atoms with van der Waals surface area (Å²) in [6.07, 6.45) is 2.62. The summed E-state index contributed by atoms with van der Waals surface area (Å²) < 4.78 is 5.22. The number of morpholine rings is 1. The van der Waals surface area contributed by atoms with Gasteiger partial charge in [-0.2, -0.15) is 0 Å². The lowest BCUT2D eigenvalue weighted by Crippen LogP contribution is -2.55. The monoisotopic (exact) mass is 265 g/mol. The molecular formula is C12H15N3O4. The molecule has 0 saturated carbocycles. The fourth-order valence-corrected chi connectivity index (χ4v) is 1.95. The van der Waals surface area contributed by atoms with Gasteiger partial charge in [0.05, 0.1) is 25.0 Å². The number of rotatable bonds is 2. The van der Waals surface area contributed by atoms with E-state index in [1.807, 2.05) is 0 Å². The summed E-state index contributed by atoms with van der Waals surface area (Å²) in [6.45, 7) is 0.820. The van der Waals surface area contributed by atoms with E-state index in [1.54, 1.807) is 0 Å². The van der Waals surface area contributed by atoms with Gasteiger partial charge in [0, 0.05) is 19.8 Å². The Hall–Kier alpha value is -2.15. The molecule has 102 valence electrons. The van der Waals surface area contributed by atoms with Gasteiger partial charge < -0.3 is 20.1 Å². The molecule has 1 saturated heterocycles. The minimum atomic E-state index is -0.682. The van der Waals surface area contributed by atoms with Crippen LogP contribution in [0.5, 0.6) is 5.75 Å². The lowest BCUT2D eigenvalue weighted by atomic mass is 10.1. The summed E-state index contributed by atoms with van der Waals surface area (Å²) >= 11 is 0. The number of ether oxygens (including phenoxy) is 1. The summed E-state index contributed by atoms with van der Waals surface area (Å²) in [7, 11) is 1.50. The average Bonchev–Trinajstić information content (AvgIpc) is 2.46. The second-order valence-corrected chi connectivity index (χ2v) is 4.10. The van der Waals surface area contributed by atoms with Gasteiger partial charge in [0.1, 0.15) is 11.8 Å². The zero-order valence-corrected chi connectivity index (χ0v) is 10.5. The molecule has 2 amide bonds. The predicted octanol–water partition coefficient (Wildman–Crippen LogP) is -0.626. The second kappa shape index (κ2) is 5.66. The van der Waals surface area contributed by atoms with Gasteiger partial charge in [0.2, 0.25) is 5.91 Å². The van der Waals surface area contributed by atoms with Crippen LogP contribution < -0.4 is 5.32 Å². The van der Waals surface area contributed by atoms with Crippen molar-refractivity contribution in [1.82, 2.24) is 15.2 Å². The average molecular weight is 265 g/mol. The molecule has 7 nitrogen and oxygen atoms in total. The van der Waals surface area contributed by atoms with E-state index in [4.69, 9.17) is 4.74 Å². The first kappa shape index (κ1) is 13.3. The molecule has 1 fully saturated rings. The Balaban J connectivity index is 2.25. The molecule has 1 unspecified atom stereocenters. The molecule has 1 aromatic rings. The molecule has 1 aliphatic heterocycles. The molecule has 2 N–H and O–H groups in total. The number of carbonyl (C=O) groups is 2. The van der Waals surface area contributed by atoms with Gasteiger partial charge in [-0.3, -0.25) is 14.6 Å². The smallest absolute Gasteiger partial charge is 0.258 e. The van der Waals surface area contributed by atoms with Gasteiger partial charge >= 0.3 is 0 Å². The Labute approximate surface area is 110 Å². The van der Waals surface area contributed by atoms with Crippen LogP contribution in [0.15, 0.2) is 18.5 Å². The normalized spacial score (nSPS) is 19.0. The van der Waals surface area contributed by atoms with E-state index in [9.17, 15) is 14.7 Å². The number of carbonyl (C=O) groups excluding carboxylic acids is 2. The Morgan fingerprint density at radius 2 is 2.37 bits per heavy atom. The molecule has 2 heterocycles. The lowest BCUT2D eigenvalue weighted by molar-refractivity contribution is -0.130. The zero-order valence-electron chi connectivity index (χ0n) is 10.5. The Morgan fingerprint density at radius 1 is 1.58 bits per heavy atom. The number of pyridine rings is 1. The topological polar surface area (TPSA) is 91.8 Å². The van der Waals surface area contributed by atoms with Crippen molar-refractivity contribution in [3.8, 4) is 5.75 Å². The predicted molar refractivity (Wildman–Crippen MR) is 65.6 cm³/mol. The van der Waals surface area contributed by atoms with Crippen LogP contribution in [-0.4, -0.2) is 59.7 Å². The second-order valence-electron chi connectivity index (χ2n) is 4.10. The molecular weight excluding hydrogens is 250 g/mol. The van der Waals surface area contributed by atoms with Crippen molar-refractivity contribution in [3.05, 3.63) is 24.0 Å². The first-order valence-electron chi connectivity index (χ1n) is 5.88.